The zero-order valence-corrected chi connectivity index (χ0v) is 12.3. The molecule has 6 heteroatoms. The van der Waals surface area contributed by atoms with Gasteiger partial charge in [-0.05, 0) is 12.1 Å². The normalized spacial score (nSPS) is 10.5. The highest BCUT2D eigenvalue weighted by Gasteiger charge is 2.20. The number of fused-ring (bicyclic) bond motifs is 1. The van der Waals surface area contributed by atoms with Crippen LogP contribution in [0.15, 0.2) is 21.3 Å². The van der Waals surface area contributed by atoms with E-state index >= 15 is 0 Å². The van der Waals surface area contributed by atoms with Gasteiger partial charge < -0.3 is 18.6 Å². The first-order chi connectivity index (χ1) is 10.1. The molecule has 0 radical (unpaired) electrons. The number of rotatable bonds is 5. The largest absolute Gasteiger partial charge is 0.493 e. The fourth-order valence-corrected chi connectivity index (χ4v) is 2.12. The predicted octanol–water partition coefficient (Wildman–Crippen LogP) is 2.41. The van der Waals surface area contributed by atoms with Crippen molar-refractivity contribution < 1.29 is 23.4 Å². The molecule has 0 spiro atoms. The highest BCUT2D eigenvalue weighted by atomic mass is 16.5. The van der Waals surface area contributed by atoms with Crippen LogP contribution in [0.2, 0.25) is 0 Å². The highest BCUT2D eigenvalue weighted by molar-refractivity contribution is 5.99. The van der Waals surface area contributed by atoms with Crippen molar-refractivity contribution in [3.63, 3.8) is 0 Å². The minimum atomic E-state index is -0.622. The standard InChI is InChI=1S/C15H16O6/c1-5-10(16)11-6-8-9(15(17)21-11)7-12(18-2)14(20-4)13(8)19-3/h6-7H,5H2,1-4H3. The SMILES string of the molecule is CCC(=O)c1cc2c(OC)c(OC)c(OC)cc2c(=O)o1. The van der Waals surface area contributed by atoms with E-state index < -0.39 is 5.63 Å². The number of ketones is 1. The molecule has 0 fully saturated rings. The third kappa shape index (κ3) is 2.44. The molecule has 0 aliphatic heterocycles. The molecule has 0 aliphatic rings. The van der Waals surface area contributed by atoms with Crippen molar-refractivity contribution in [2.75, 3.05) is 21.3 Å². The summed E-state index contributed by atoms with van der Waals surface area (Å²) in [6.07, 6.45) is 0.240. The van der Waals surface area contributed by atoms with Gasteiger partial charge in [0.2, 0.25) is 5.75 Å². The van der Waals surface area contributed by atoms with Crippen molar-refractivity contribution in [1.29, 1.82) is 0 Å². The van der Waals surface area contributed by atoms with E-state index in [1.54, 1.807) is 6.92 Å². The molecule has 2 rings (SSSR count). The Bertz CT molecular complexity index is 744. The van der Waals surface area contributed by atoms with Crippen molar-refractivity contribution in [2.24, 2.45) is 0 Å². The van der Waals surface area contributed by atoms with E-state index in [4.69, 9.17) is 18.6 Å². The zero-order valence-electron chi connectivity index (χ0n) is 12.3. The summed E-state index contributed by atoms with van der Waals surface area (Å²) in [6.45, 7) is 1.69. The Morgan fingerprint density at radius 2 is 1.71 bits per heavy atom. The Morgan fingerprint density at radius 3 is 2.24 bits per heavy atom. The monoisotopic (exact) mass is 292 g/mol. The average molecular weight is 292 g/mol. The molecule has 6 nitrogen and oxygen atoms in total. The molecule has 0 bridgehead atoms. The van der Waals surface area contributed by atoms with Crippen molar-refractivity contribution in [1.82, 2.24) is 0 Å². The quantitative estimate of drug-likeness (QED) is 0.788. The Balaban J connectivity index is 2.90. The van der Waals surface area contributed by atoms with Gasteiger partial charge in [-0.25, -0.2) is 4.79 Å². The maximum absolute atomic E-state index is 12.1. The van der Waals surface area contributed by atoms with Crippen LogP contribution in [0.4, 0.5) is 0 Å². The molecule has 0 unspecified atom stereocenters. The third-order valence-corrected chi connectivity index (χ3v) is 3.16. The Hall–Kier alpha value is -2.50. The van der Waals surface area contributed by atoms with Gasteiger partial charge in [0.25, 0.3) is 0 Å². The minimum absolute atomic E-state index is 0.000481. The number of benzene rings is 1. The Kier molecular flexibility index (Phi) is 4.16. The molecule has 112 valence electrons. The number of hydrogen-bond acceptors (Lipinski definition) is 6. The minimum Gasteiger partial charge on any atom is -0.493 e. The molecule has 1 aromatic heterocycles. The molecule has 2 aromatic rings. The fourth-order valence-electron chi connectivity index (χ4n) is 2.12. The fraction of sp³-hybridized carbons (Fsp3) is 0.333. The lowest BCUT2D eigenvalue weighted by atomic mass is 10.1. The number of hydrogen-bond donors (Lipinski definition) is 0. The number of carbonyl (C=O) groups is 1. The van der Waals surface area contributed by atoms with Gasteiger partial charge >= 0.3 is 5.63 Å². The van der Waals surface area contributed by atoms with E-state index in [0.717, 1.165) is 0 Å². The summed E-state index contributed by atoms with van der Waals surface area (Å²) in [4.78, 5) is 23.8. The van der Waals surface area contributed by atoms with Crippen LogP contribution >= 0.6 is 0 Å². The van der Waals surface area contributed by atoms with Gasteiger partial charge in [-0.3, -0.25) is 4.79 Å². The first-order valence-electron chi connectivity index (χ1n) is 6.37. The van der Waals surface area contributed by atoms with Crippen LogP contribution in [0, 0.1) is 0 Å². The molecule has 0 N–H and O–H groups in total. The Labute approximate surface area is 121 Å². The van der Waals surface area contributed by atoms with Crippen LogP contribution in [0.25, 0.3) is 10.8 Å². The van der Waals surface area contributed by atoms with Crippen molar-refractivity contribution >= 4 is 16.6 Å². The second-order valence-corrected chi connectivity index (χ2v) is 4.28. The summed E-state index contributed by atoms with van der Waals surface area (Å²) in [6, 6.07) is 2.99. The smallest absolute Gasteiger partial charge is 0.344 e. The van der Waals surface area contributed by atoms with Crippen molar-refractivity contribution in [3.05, 3.63) is 28.3 Å². The van der Waals surface area contributed by atoms with E-state index in [0.29, 0.717) is 22.6 Å². The predicted molar refractivity (Wildman–Crippen MR) is 76.8 cm³/mol. The van der Waals surface area contributed by atoms with Gasteiger partial charge in [-0.1, -0.05) is 6.92 Å². The number of methoxy groups -OCH3 is 3. The number of ether oxygens (including phenoxy) is 3. The second-order valence-electron chi connectivity index (χ2n) is 4.28. The molecule has 0 atom stereocenters. The van der Waals surface area contributed by atoms with Gasteiger partial charge in [0, 0.05) is 11.8 Å². The van der Waals surface area contributed by atoms with Gasteiger partial charge in [-0.2, -0.15) is 0 Å². The van der Waals surface area contributed by atoms with E-state index in [-0.39, 0.29) is 23.4 Å². The van der Waals surface area contributed by atoms with E-state index in [1.807, 2.05) is 0 Å². The summed E-state index contributed by atoms with van der Waals surface area (Å²) < 4.78 is 20.8. The third-order valence-electron chi connectivity index (χ3n) is 3.16. The molecule has 1 aromatic carbocycles. The van der Waals surface area contributed by atoms with E-state index in [2.05, 4.69) is 0 Å². The lowest BCUT2D eigenvalue weighted by molar-refractivity contribution is 0.0957. The first kappa shape index (κ1) is 14.9. The molecule has 0 aliphatic carbocycles. The summed E-state index contributed by atoms with van der Waals surface area (Å²) >= 11 is 0. The van der Waals surface area contributed by atoms with Gasteiger partial charge in [0.05, 0.1) is 26.7 Å². The molecule has 0 amide bonds. The highest BCUT2D eigenvalue weighted by Crippen LogP contribution is 2.42. The number of Topliss-reactive ketones (excluding diaryl/α,β-unsaturated/α-hetero) is 1. The van der Waals surface area contributed by atoms with E-state index in [9.17, 15) is 9.59 Å². The Morgan fingerprint density at radius 1 is 1.05 bits per heavy atom. The van der Waals surface area contributed by atoms with Gasteiger partial charge in [-0.15, -0.1) is 0 Å². The first-order valence-corrected chi connectivity index (χ1v) is 6.37. The van der Waals surface area contributed by atoms with Crippen LogP contribution < -0.4 is 19.8 Å². The molecule has 0 saturated heterocycles. The lowest BCUT2D eigenvalue weighted by Crippen LogP contribution is -2.08. The second kappa shape index (κ2) is 5.87. The number of carbonyl (C=O) groups excluding carboxylic acids is 1. The van der Waals surface area contributed by atoms with Gasteiger partial charge in [0.1, 0.15) is 0 Å². The van der Waals surface area contributed by atoms with Crippen LogP contribution in [0.3, 0.4) is 0 Å². The molecular formula is C15H16O6. The topological polar surface area (TPSA) is 75.0 Å². The van der Waals surface area contributed by atoms with Crippen molar-refractivity contribution in [2.45, 2.75) is 13.3 Å². The average Bonchev–Trinajstić information content (AvgIpc) is 2.51. The summed E-state index contributed by atoms with van der Waals surface area (Å²) in [5, 5.41) is 0.709. The van der Waals surface area contributed by atoms with Crippen LogP contribution in [-0.4, -0.2) is 27.1 Å². The van der Waals surface area contributed by atoms with Crippen molar-refractivity contribution in [3.8, 4) is 17.2 Å². The molecule has 0 saturated carbocycles. The lowest BCUT2D eigenvalue weighted by Gasteiger charge is -2.14. The summed E-state index contributed by atoms with van der Waals surface area (Å²) in [5.74, 6) is 0.771. The summed E-state index contributed by atoms with van der Waals surface area (Å²) in [7, 11) is 4.38. The molecule has 1 heterocycles. The molecular weight excluding hydrogens is 276 g/mol. The van der Waals surface area contributed by atoms with E-state index in [1.165, 1.54) is 33.5 Å². The van der Waals surface area contributed by atoms with Crippen LogP contribution in [0.5, 0.6) is 17.2 Å². The maximum atomic E-state index is 12.1. The zero-order chi connectivity index (χ0) is 15.6. The van der Waals surface area contributed by atoms with Crippen LogP contribution in [-0.2, 0) is 0 Å². The molecule has 21 heavy (non-hydrogen) atoms. The maximum Gasteiger partial charge on any atom is 0.344 e. The van der Waals surface area contributed by atoms with Gasteiger partial charge in [0.15, 0.2) is 23.0 Å². The summed E-state index contributed by atoms with van der Waals surface area (Å²) in [5.41, 5.74) is -0.622. The van der Waals surface area contributed by atoms with Crippen LogP contribution in [0.1, 0.15) is 23.9 Å².